The lowest BCUT2D eigenvalue weighted by atomic mass is 10.2. The number of morpholine rings is 1. The zero-order chi connectivity index (χ0) is 19.3. The molecular formula is C15H17FN2O7S. The first-order chi connectivity index (χ1) is 12.2. The second-order valence-corrected chi connectivity index (χ2v) is 7.28. The van der Waals surface area contributed by atoms with Gasteiger partial charge in [0.15, 0.2) is 6.61 Å². The molecule has 142 valence electrons. The van der Waals surface area contributed by atoms with Crippen LogP contribution in [0.15, 0.2) is 23.1 Å². The van der Waals surface area contributed by atoms with E-state index < -0.39 is 45.8 Å². The lowest BCUT2D eigenvalue weighted by molar-refractivity contribution is -0.131. The molecule has 0 saturated carbocycles. The summed E-state index contributed by atoms with van der Waals surface area (Å²) in [5, 5.41) is 1.88. The molecule has 0 radical (unpaired) electrons. The molecule has 1 N–H and O–H groups in total. The Bertz CT molecular complexity index is 819. The van der Waals surface area contributed by atoms with E-state index in [0.717, 1.165) is 25.1 Å². The van der Waals surface area contributed by atoms with Gasteiger partial charge in [-0.1, -0.05) is 0 Å². The first kappa shape index (κ1) is 19.9. The number of hydrogen-bond donors (Lipinski definition) is 1. The van der Waals surface area contributed by atoms with Crippen LogP contribution in [0.1, 0.15) is 17.3 Å². The van der Waals surface area contributed by atoms with Gasteiger partial charge in [-0.2, -0.15) is 4.31 Å². The van der Waals surface area contributed by atoms with E-state index in [1.165, 1.54) is 4.31 Å². The number of rotatable bonds is 5. The number of amides is 2. The van der Waals surface area contributed by atoms with Gasteiger partial charge in [-0.15, -0.1) is 0 Å². The van der Waals surface area contributed by atoms with Crippen molar-refractivity contribution in [2.75, 3.05) is 32.9 Å². The fourth-order valence-electron chi connectivity index (χ4n) is 2.20. The van der Waals surface area contributed by atoms with Crippen molar-refractivity contribution >= 4 is 27.8 Å². The van der Waals surface area contributed by atoms with Crippen molar-refractivity contribution < 1.29 is 36.7 Å². The third-order valence-corrected chi connectivity index (χ3v) is 5.31. The van der Waals surface area contributed by atoms with Crippen molar-refractivity contribution in [3.8, 4) is 0 Å². The lowest BCUT2D eigenvalue weighted by Gasteiger charge is -2.26. The second kappa shape index (κ2) is 8.34. The van der Waals surface area contributed by atoms with Crippen LogP contribution in [0.4, 0.5) is 4.39 Å². The molecule has 1 aromatic rings. The maximum absolute atomic E-state index is 13.9. The predicted molar refractivity (Wildman–Crippen MR) is 85.1 cm³/mol. The van der Waals surface area contributed by atoms with Crippen LogP contribution in [0.5, 0.6) is 0 Å². The van der Waals surface area contributed by atoms with E-state index in [0.29, 0.717) is 0 Å². The topological polar surface area (TPSA) is 119 Å². The monoisotopic (exact) mass is 388 g/mol. The summed E-state index contributed by atoms with van der Waals surface area (Å²) in [5.41, 5.74) is -0.630. The number of ether oxygens (including phenoxy) is 2. The lowest BCUT2D eigenvalue weighted by Crippen LogP contribution is -2.40. The predicted octanol–water partition coefficient (Wildman–Crippen LogP) is -0.334. The van der Waals surface area contributed by atoms with E-state index in [2.05, 4.69) is 4.74 Å². The maximum atomic E-state index is 13.9. The molecule has 1 fully saturated rings. The summed E-state index contributed by atoms with van der Waals surface area (Å²) in [6.07, 6.45) is 0. The van der Waals surface area contributed by atoms with Gasteiger partial charge in [-0.05, 0) is 18.2 Å². The molecule has 1 saturated heterocycles. The van der Waals surface area contributed by atoms with Gasteiger partial charge in [0.25, 0.3) is 5.91 Å². The average Bonchev–Trinajstić information content (AvgIpc) is 2.60. The zero-order valence-corrected chi connectivity index (χ0v) is 14.7. The zero-order valence-electron chi connectivity index (χ0n) is 13.9. The largest absolute Gasteiger partial charge is 0.452 e. The molecule has 0 aromatic heterocycles. The molecule has 0 unspecified atom stereocenters. The van der Waals surface area contributed by atoms with Crippen molar-refractivity contribution in [3.05, 3.63) is 29.6 Å². The molecule has 11 heteroatoms. The smallest absolute Gasteiger partial charge is 0.341 e. The van der Waals surface area contributed by atoms with Crippen LogP contribution in [0, 0.1) is 5.82 Å². The highest BCUT2D eigenvalue weighted by Gasteiger charge is 2.28. The van der Waals surface area contributed by atoms with E-state index in [1.54, 1.807) is 0 Å². The SMILES string of the molecule is CC(=O)NC(=O)COC(=O)c1cc(S(=O)(=O)N2CCOCC2)ccc1F. The quantitative estimate of drug-likeness (QED) is 0.686. The van der Waals surface area contributed by atoms with E-state index in [4.69, 9.17) is 4.74 Å². The minimum Gasteiger partial charge on any atom is -0.452 e. The van der Waals surface area contributed by atoms with Crippen LogP contribution >= 0.6 is 0 Å². The second-order valence-electron chi connectivity index (χ2n) is 5.34. The average molecular weight is 388 g/mol. The van der Waals surface area contributed by atoms with Crippen molar-refractivity contribution in [1.29, 1.82) is 0 Å². The van der Waals surface area contributed by atoms with E-state index in [1.807, 2.05) is 5.32 Å². The number of nitrogens with zero attached hydrogens (tertiary/aromatic N) is 1. The Balaban J connectivity index is 2.17. The summed E-state index contributed by atoms with van der Waals surface area (Å²) in [6.45, 7) is 1.05. The number of carbonyl (C=O) groups is 3. The molecule has 0 spiro atoms. The molecule has 1 aliphatic rings. The molecular weight excluding hydrogens is 371 g/mol. The molecule has 1 heterocycles. The number of sulfonamides is 1. The Morgan fingerprint density at radius 1 is 1.27 bits per heavy atom. The van der Waals surface area contributed by atoms with Crippen molar-refractivity contribution in [3.63, 3.8) is 0 Å². The van der Waals surface area contributed by atoms with Gasteiger partial charge in [0.2, 0.25) is 15.9 Å². The molecule has 0 bridgehead atoms. The molecule has 1 aliphatic heterocycles. The van der Waals surface area contributed by atoms with Crippen LogP contribution in [0.25, 0.3) is 0 Å². The van der Waals surface area contributed by atoms with Crippen LogP contribution in [0.2, 0.25) is 0 Å². The van der Waals surface area contributed by atoms with Gasteiger partial charge in [0, 0.05) is 20.0 Å². The Morgan fingerprint density at radius 2 is 1.92 bits per heavy atom. The van der Waals surface area contributed by atoms with Crippen molar-refractivity contribution in [1.82, 2.24) is 9.62 Å². The molecule has 1 aromatic carbocycles. The van der Waals surface area contributed by atoms with Gasteiger partial charge >= 0.3 is 5.97 Å². The summed E-state index contributed by atoms with van der Waals surface area (Å²) >= 11 is 0. The third kappa shape index (κ3) is 4.84. The first-order valence-electron chi connectivity index (χ1n) is 7.57. The Kier molecular flexibility index (Phi) is 6.40. The number of halogens is 1. The third-order valence-electron chi connectivity index (χ3n) is 3.42. The molecule has 9 nitrogen and oxygen atoms in total. The van der Waals surface area contributed by atoms with Gasteiger partial charge in [0.1, 0.15) is 5.82 Å². The van der Waals surface area contributed by atoms with Gasteiger partial charge < -0.3 is 9.47 Å². The molecule has 26 heavy (non-hydrogen) atoms. The minimum atomic E-state index is -3.93. The van der Waals surface area contributed by atoms with Gasteiger partial charge in [0.05, 0.1) is 23.7 Å². The fraction of sp³-hybridized carbons (Fsp3) is 0.400. The van der Waals surface area contributed by atoms with E-state index in [-0.39, 0.29) is 31.2 Å². The fourth-order valence-corrected chi connectivity index (χ4v) is 3.63. The highest BCUT2D eigenvalue weighted by molar-refractivity contribution is 7.89. The maximum Gasteiger partial charge on any atom is 0.341 e. The summed E-state index contributed by atoms with van der Waals surface area (Å²) < 4.78 is 49.9. The number of nitrogens with one attached hydrogen (secondary N) is 1. The number of hydrogen-bond acceptors (Lipinski definition) is 7. The normalized spacial score (nSPS) is 15.3. The van der Waals surface area contributed by atoms with Gasteiger partial charge in [-0.3, -0.25) is 14.9 Å². The number of carbonyl (C=O) groups excluding carboxylic acids is 3. The molecule has 2 rings (SSSR count). The summed E-state index contributed by atoms with van der Waals surface area (Å²) in [5.74, 6) is -3.75. The highest BCUT2D eigenvalue weighted by atomic mass is 32.2. The Morgan fingerprint density at radius 3 is 2.54 bits per heavy atom. The van der Waals surface area contributed by atoms with Crippen molar-refractivity contribution in [2.45, 2.75) is 11.8 Å². The molecule has 2 amide bonds. The molecule has 0 atom stereocenters. The summed E-state index contributed by atoms with van der Waals surface area (Å²) in [7, 11) is -3.93. The van der Waals surface area contributed by atoms with Crippen LogP contribution in [0.3, 0.4) is 0 Å². The van der Waals surface area contributed by atoms with Crippen LogP contribution < -0.4 is 5.32 Å². The number of imide groups is 1. The van der Waals surface area contributed by atoms with Crippen molar-refractivity contribution in [2.24, 2.45) is 0 Å². The van der Waals surface area contributed by atoms with E-state index in [9.17, 15) is 27.2 Å². The van der Waals surface area contributed by atoms with Crippen LogP contribution in [-0.2, 0) is 29.1 Å². The Hall–Kier alpha value is -2.37. The summed E-state index contributed by atoms with van der Waals surface area (Å²) in [4.78, 5) is 33.7. The Labute approximate surface area is 149 Å². The van der Waals surface area contributed by atoms with E-state index >= 15 is 0 Å². The minimum absolute atomic E-state index is 0.144. The highest BCUT2D eigenvalue weighted by Crippen LogP contribution is 2.20. The number of benzene rings is 1. The van der Waals surface area contributed by atoms with Crippen LogP contribution in [-0.4, -0.2) is 63.4 Å². The first-order valence-corrected chi connectivity index (χ1v) is 9.01. The number of esters is 1. The molecule has 0 aliphatic carbocycles. The van der Waals surface area contributed by atoms with Gasteiger partial charge in [-0.25, -0.2) is 17.6 Å². The standard InChI is InChI=1S/C15H17FN2O7S/c1-10(19)17-14(20)9-25-15(21)12-8-11(2-3-13(12)16)26(22,23)18-4-6-24-7-5-18/h2-3,8H,4-7,9H2,1H3,(H,17,19,20). The summed E-state index contributed by atoms with van der Waals surface area (Å²) in [6, 6.07) is 2.73.